The molecule has 0 saturated heterocycles. The van der Waals surface area contributed by atoms with Gasteiger partial charge in [-0.05, 0) is 30.4 Å². The fraction of sp³-hybridized carbons (Fsp3) is 0.571. The summed E-state index contributed by atoms with van der Waals surface area (Å²) >= 11 is 5.48. The van der Waals surface area contributed by atoms with E-state index in [0.29, 0.717) is 6.04 Å². The monoisotopic (exact) mass is 329 g/mol. The predicted octanol–water partition coefficient (Wildman–Crippen LogP) is 3.62. The van der Waals surface area contributed by atoms with Crippen molar-refractivity contribution in [2.24, 2.45) is 0 Å². The molecular weight excluding hydrogens is 310 g/mol. The first-order valence-corrected chi connectivity index (χ1v) is 8.59. The fourth-order valence-electron chi connectivity index (χ4n) is 2.25. The van der Waals surface area contributed by atoms with Crippen LogP contribution in [0.15, 0.2) is 16.6 Å². The second kappa shape index (κ2) is 6.83. The molecule has 18 heavy (non-hydrogen) atoms. The molecule has 0 bridgehead atoms. The molecule has 0 spiro atoms. The quantitative estimate of drug-likeness (QED) is 0.861. The molecule has 1 aliphatic heterocycles. The molecule has 4 heteroatoms. The molecule has 1 atom stereocenters. The van der Waals surface area contributed by atoms with Gasteiger partial charge in [0.15, 0.2) is 0 Å². The third-order valence-corrected chi connectivity index (χ3v) is 4.46. The van der Waals surface area contributed by atoms with Gasteiger partial charge in [0.1, 0.15) is 5.75 Å². The van der Waals surface area contributed by atoms with Crippen molar-refractivity contribution in [3.05, 3.63) is 27.7 Å². The van der Waals surface area contributed by atoms with Gasteiger partial charge in [-0.25, -0.2) is 0 Å². The molecule has 1 N–H and O–H groups in total. The van der Waals surface area contributed by atoms with Gasteiger partial charge in [-0.2, -0.15) is 11.8 Å². The second-order valence-corrected chi connectivity index (χ2v) is 6.42. The van der Waals surface area contributed by atoms with Crippen LogP contribution in [-0.2, 0) is 13.0 Å². The highest BCUT2D eigenvalue weighted by Gasteiger charge is 2.17. The second-order valence-electron chi connectivity index (χ2n) is 4.59. The Morgan fingerprint density at radius 3 is 3.06 bits per heavy atom. The fourth-order valence-corrected chi connectivity index (χ4v) is 3.56. The number of fused-ring (bicyclic) bond motifs is 1. The van der Waals surface area contributed by atoms with E-state index in [0.717, 1.165) is 42.0 Å². The van der Waals surface area contributed by atoms with Gasteiger partial charge >= 0.3 is 0 Å². The largest absolute Gasteiger partial charge is 0.493 e. The van der Waals surface area contributed by atoms with Crippen molar-refractivity contribution in [2.75, 3.05) is 18.6 Å². The molecule has 1 aromatic carbocycles. The van der Waals surface area contributed by atoms with Gasteiger partial charge in [0.05, 0.1) is 6.61 Å². The molecule has 0 fully saturated rings. The normalized spacial score (nSPS) is 15.3. The molecule has 1 heterocycles. The highest BCUT2D eigenvalue weighted by atomic mass is 79.9. The van der Waals surface area contributed by atoms with E-state index in [4.69, 9.17) is 4.74 Å². The predicted molar refractivity (Wildman–Crippen MR) is 82.6 cm³/mol. The smallest absolute Gasteiger partial charge is 0.127 e. The summed E-state index contributed by atoms with van der Waals surface area (Å²) in [6.07, 6.45) is 4.35. The van der Waals surface area contributed by atoms with Gasteiger partial charge < -0.3 is 10.1 Å². The van der Waals surface area contributed by atoms with Crippen molar-refractivity contribution in [1.82, 2.24) is 5.32 Å². The summed E-state index contributed by atoms with van der Waals surface area (Å²) in [7, 11) is 0. The third-order valence-electron chi connectivity index (χ3n) is 3.27. The summed E-state index contributed by atoms with van der Waals surface area (Å²) < 4.78 is 6.90. The lowest BCUT2D eigenvalue weighted by Crippen LogP contribution is -2.30. The van der Waals surface area contributed by atoms with Crippen LogP contribution in [-0.4, -0.2) is 24.7 Å². The van der Waals surface area contributed by atoms with Gasteiger partial charge in [-0.3, -0.25) is 0 Å². The molecule has 100 valence electrons. The Bertz CT molecular complexity index is 411. The van der Waals surface area contributed by atoms with Crippen LogP contribution in [0.5, 0.6) is 5.75 Å². The first-order chi connectivity index (χ1) is 8.74. The van der Waals surface area contributed by atoms with Gasteiger partial charge in [0.2, 0.25) is 0 Å². The Balaban J connectivity index is 2.05. The van der Waals surface area contributed by atoms with E-state index >= 15 is 0 Å². The minimum atomic E-state index is 0.580. The maximum absolute atomic E-state index is 5.74. The maximum Gasteiger partial charge on any atom is 0.127 e. The Kier molecular flexibility index (Phi) is 5.39. The molecule has 0 amide bonds. The molecule has 0 saturated carbocycles. The number of hydrogen-bond donors (Lipinski definition) is 1. The van der Waals surface area contributed by atoms with E-state index in [2.05, 4.69) is 46.6 Å². The molecule has 0 aliphatic carbocycles. The van der Waals surface area contributed by atoms with E-state index in [9.17, 15) is 0 Å². The Labute approximate surface area is 122 Å². The van der Waals surface area contributed by atoms with Gasteiger partial charge in [0.25, 0.3) is 0 Å². The van der Waals surface area contributed by atoms with Crippen LogP contribution in [0, 0.1) is 0 Å². The highest BCUT2D eigenvalue weighted by molar-refractivity contribution is 9.10. The lowest BCUT2D eigenvalue weighted by atomic mass is 10.1. The van der Waals surface area contributed by atoms with Crippen molar-refractivity contribution in [3.63, 3.8) is 0 Å². The average Bonchev–Trinajstić information content (AvgIpc) is 2.82. The third kappa shape index (κ3) is 3.43. The lowest BCUT2D eigenvalue weighted by Gasteiger charge is -2.17. The van der Waals surface area contributed by atoms with Crippen molar-refractivity contribution >= 4 is 27.7 Å². The van der Waals surface area contributed by atoms with Crippen molar-refractivity contribution < 1.29 is 4.74 Å². The molecule has 0 radical (unpaired) electrons. The summed E-state index contributed by atoms with van der Waals surface area (Å²) in [6, 6.07) is 4.92. The van der Waals surface area contributed by atoms with Crippen LogP contribution in [0.25, 0.3) is 0 Å². The topological polar surface area (TPSA) is 21.3 Å². The van der Waals surface area contributed by atoms with Crippen LogP contribution in [0.2, 0.25) is 0 Å². The van der Waals surface area contributed by atoms with Crippen molar-refractivity contribution in [3.8, 4) is 5.75 Å². The number of thioether (sulfide) groups is 1. The number of hydrogen-bond acceptors (Lipinski definition) is 3. The number of rotatable bonds is 6. The summed E-state index contributed by atoms with van der Waals surface area (Å²) in [5.41, 5.74) is 2.61. The van der Waals surface area contributed by atoms with E-state index < -0.39 is 0 Å². The van der Waals surface area contributed by atoms with Crippen LogP contribution in [0.3, 0.4) is 0 Å². The molecule has 2 rings (SSSR count). The van der Waals surface area contributed by atoms with Gasteiger partial charge in [-0.1, -0.05) is 22.9 Å². The molecular formula is C14H20BrNOS. The SMILES string of the molecule is CCC(CSC)NCc1cc(Br)cc2c1OCC2. The zero-order valence-corrected chi connectivity index (χ0v) is 13.4. The molecule has 1 aliphatic rings. The molecule has 0 aromatic heterocycles. The van der Waals surface area contributed by atoms with E-state index in [1.54, 1.807) is 0 Å². The Morgan fingerprint density at radius 2 is 2.33 bits per heavy atom. The molecule has 2 nitrogen and oxygen atoms in total. The number of halogens is 1. The minimum Gasteiger partial charge on any atom is -0.493 e. The van der Waals surface area contributed by atoms with E-state index in [1.165, 1.54) is 11.1 Å². The van der Waals surface area contributed by atoms with E-state index in [1.807, 2.05) is 11.8 Å². The zero-order valence-electron chi connectivity index (χ0n) is 11.0. The first-order valence-electron chi connectivity index (χ1n) is 6.41. The molecule has 1 aromatic rings. The number of nitrogens with one attached hydrogen (secondary N) is 1. The average molecular weight is 330 g/mol. The van der Waals surface area contributed by atoms with E-state index in [-0.39, 0.29) is 0 Å². The Hall–Kier alpha value is -0.190. The minimum absolute atomic E-state index is 0.580. The van der Waals surface area contributed by atoms with Crippen molar-refractivity contribution in [1.29, 1.82) is 0 Å². The van der Waals surface area contributed by atoms with Gasteiger partial charge in [-0.15, -0.1) is 0 Å². The maximum atomic E-state index is 5.74. The van der Waals surface area contributed by atoms with Crippen LogP contribution in [0.1, 0.15) is 24.5 Å². The summed E-state index contributed by atoms with van der Waals surface area (Å²) in [4.78, 5) is 0. The number of benzene rings is 1. The standard InChI is InChI=1S/C14H20BrNOS/c1-3-13(9-18-2)16-8-11-7-12(15)6-10-4-5-17-14(10)11/h6-7,13,16H,3-5,8-9H2,1-2H3. The van der Waals surface area contributed by atoms with Crippen molar-refractivity contribution in [2.45, 2.75) is 32.4 Å². The summed E-state index contributed by atoms with van der Waals surface area (Å²) in [6.45, 7) is 3.94. The highest BCUT2D eigenvalue weighted by Crippen LogP contribution is 2.32. The van der Waals surface area contributed by atoms with Gasteiger partial charge in [0, 0.05) is 34.8 Å². The Morgan fingerprint density at radius 1 is 1.50 bits per heavy atom. The zero-order chi connectivity index (χ0) is 13.0. The van der Waals surface area contributed by atoms with Crippen LogP contribution < -0.4 is 10.1 Å². The lowest BCUT2D eigenvalue weighted by molar-refractivity contribution is 0.351. The summed E-state index contributed by atoms with van der Waals surface area (Å²) in [5.74, 6) is 2.26. The summed E-state index contributed by atoms with van der Waals surface area (Å²) in [5, 5.41) is 3.62. The van der Waals surface area contributed by atoms with Crippen LogP contribution in [0.4, 0.5) is 0 Å². The molecule has 1 unspecified atom stereocenters. The van der Waals surface area contributed by atoms with Crippen LogP contribution >= 0.6 is 27.7 Å². The number of ether oxygens (including phenoxy) is 1. The first kappa shape index (κ1) is 14.2.